The van der Waals surface area contributed by atoms with E-state index in [0.29, 0.717) is 12.4 Å². The maximum atomic E-state index is 4.77. The molecule has 0 unspecified atom stereocenters. The Kier molecular flexibility index (Phi) is 4.02. The maximum absolute atomic E-state index is 4.77. The van der Waals surface area contributed by atoms with E-state index in [1.807, 2.05) is 36.9 Å². The van der Waals surface area contributed by atoms with Gasteiger partial charge in [-0.25, -0.2) is 4.68 Å². The van der Waals surface area contributed by atoms with E-state index in [0.717, 1.165) is 23.6 Å². The monoisotopic (exact) mass is 297 g/mol. The van der Waals surface area contributed by atoms with Gasteiger partial charge in [0.25, 0.3) is 0 Å². The van der Waals surface area contributed by atoms with Gasteiger partial charge in [-0.05, 0) is 33.0 Å². The summed E-state index contributed by atoms with van der Waals surface area (Å²) in [6.07, 6.45) is 1.35. The lowest BCUT2D eigenvalue weighted by atomic mass is 10.2. The van der Waals surface area contributed by atoms with Crippen LogP contribution in [0.2, 0.25) is 0 Å². The molecule has 0 fully saturated rings. The summed E-state index contributed by atoms with van der Waals surface area (Å²) in [5, 5.41) is 8.52. The van der Waals surface area contributed by atoms with Gasteiger partial charge in [0.05, 0.1) is 17.9 Å². The third-order valence-electron chi connectivity index (χ3n) is 3.69. The Morgan fingerprint density at radius 3 is 2.59 bits per heavy atom. The zero-order valence-electron chi connectivity index (χ0n) is 13.0. The van der Waals surface area contributed by atoms with Crippen LogP contribution in [0.25, 0.3) is 5.69 Å². The van der Waals surface area contributed by atoms with E-state index in [-0.39, 0.29) is 0 Å². The molecule has 0 bridgehead atoms. The Morgan fingerprint density at radius 2 is 1.91 bits per heavy atom. The van der Waals surface area contributed by atoms with Gasteiger partial charge in [-0.2, -0.15) is 10.1 Å². The second-order valence-electron chi connectivity index (χ2n) is 5.42. The lowest BCUT2D eigenvalue weighted by molar-refractivity contribution is 0.300. The molecule has 22 heavy (non-hydrogen) atoms. The predicted octanol–water partition coefficient (Wildman–Crippen LogP) is 2.50. The van der Waals surface area contributed by atoms with Gasteiger partial charge in [-0.3, -0.25) is 4.90 Å². The molecule has 3 rings (SSSR count). The first-order chi connectivity index (χ1) is 10.6. The van der Waals surface area contributed by atoms with Crippen LogP contribution in [0.15, 0.2) is 41.2 Å². The molecule has 0 saturated heterocycles. The minimum Gasteiger partial charge on any atom is -0.343 e. The summed E-state index contributed by atoms with van der Waals surface area (Å²) in [6.45, 7) is 5.58. The van der Waals surface area contributed by atoms with E-state index in [1.165, 1.54) is 12.0 Å². The molecule has 2 heterocycles. The molecule has 0 radical (unpaired) electrons. The summed E-state index contributed by atoms with van der Waals surface area (Å²) >= 11 is 0. The molecule has 0 spiro atoms. The number of hydrogen-bond acceptors (Lipinski definition) is 5. The van der Waals surface area contributed by atoms with Crippen molar-refractivity contribution in [2.75, 3.05) is 7.05 Å². The van der Waals surface area contributed by atoms with Crippen LogP contribution in [-0.2, 0) is 13.1 Å². The Bertz CT molecular complexity index is 733. The summed E-state index contributed by atoms with van der Waals surface area (Å²) < 4.78 is 6.76. The van der Waals surface area contributed by atoms with Crippen molar-refractivity contribution >= 4 is 0 Å². The molecule has 0 amide bonds. The second-order valence-corrected chi connectivity index (χ2v) is 5.42. The first-order valence-electron chi connectivity index (χ1n) is 7.19. The molecular formula is C16H19N5O. The van der Waals surface area contributed by atoms with Crippen LogP contribution in [0, 0.1) is 13.8 Å². The van der Waals surface area contributed by atoms with Gasteiger partial charge in [-0.15, -0.1) is 0 Å². The van der Waals surface area contributed by atoms with Crippen LogP contribution in [0.3, 0.4) is 0 Å². The van der Waals surface area contributed by atoms with Crippen LogP contribution in [0.1, 0.15) is 22.8 Å². The van der Waals surface area contributed by atoms with Crippen molar-refractivity contribution in [2.45, 2.75) is 26.9 Å². The van der Waals surface area contributed by atoms with Crippen molar-refractivity contribution in [1.29, 1.82) is 0 Å². The average molecular weight is 297 g/mol. The van der Waals surface area contributed by atoms with Crippen molar-refractivity contribution in [3.8, 4) is 5.69 Å². The molecule has 0 aliphatic rings. The SMILES string of the molecule is Cc1nn(-c2ccccc2)c(C)c1CN(C)Cc1ncon1. The number of aryl methyl sites for hydroxylation is 1. The fourth-order valence-corrected chi connectivity index (χ4v) is 2.55. The first-order valence-corrected chi connectivity index (χ1v) is 7.19. The van der Waals surface area contributed by atoms with Crippen LogP contribution in [-0.4, -0.2) is 31.9 Å². The molecule has 0 saturated carbocycles. The van der Waals surface area contributed by atoms with Crippen molar-refractivity contribution in [2.24, 2.45) is 0 Å². The highest BCUT2D eigenvalue weighted by molar-refractivity contribution is 5.36. The van der Waals surface area contributed by atoms with Crippen LogP contribution in [0.5, 0.6) is 0 Å². The number of nitrogens with zero attached hydrogens (tertiary/aromatic N) is 5. The van der Waals surface area contributed by atoms with Crippen LogP contribution >= 0.6 is 0 Å². The molecule has 0 N–H and O–H groups in total. The summed E-state index contributed by atoms with van der Waals surface area (Å²) in [7, 11) is 2.04. The fourth-order valence-electron chi connectivity index (χ4n) is 2.55. The fraction of sp³-hybridized carbons (Fsp3) is 0.312. The maximum Gasteiger partial charge on any atom is 0.213 e. The van der Waals surface area contributed by atoms with E-state index in [1.54, 1.807) is 0 Å². The predicted molar refractivity (Wildman–Crippen MR) is 82.5 cm³/mol. The average Bonchev–Trinajstić information content (AvgIpc) is 3.11. The van der Waals surface area contributed by atoms with Gasteiger partial charge in [-0.1, -0.05) is 23.4 Å². The molecule has 0 aliphatic carbocycles. The molecule has 0 atom stereocenters. The zero-order chi connectivity index (χ0) is 15.5. The standard InChI is InChI=1S/C16H19N5O/c1-12-15(9-20(3)10-16-17-11-22-19-16)13(2)21(18-12)14-7-5-4-6-8-14/h4-8,11H,9-10H2,1-3H3. The van der Waals surface area contributed by atoms with Gasteiger partial charge >= 0.3 is 0 Å². The van der Waals surface area contributed by atoms with Crippen molar-refractivity contribution in [3.63, 3.8) is 0 Å². The summed E-state index contributed by atoms with van der Waals surface area (Å²) in [6, 6.07) is 10.2. The minimum absolute atomic E-state index is 0.645. The normalized spacial score (nSPS) is 11.3. The molecule has 6 nitrogen and oxygen atoms in total. The Balaban J connectivity index is 1.81. The Hall–Kier alpha value is -2.47. The van der Waals surface area contributed by atoms with Crippen molar-refractivity contribution in [1.82, 2.24) is 24.8 Å². The third-order valence-corrected chi connectivity index (χ3v) is 3.69. The van der Waals surface area contributed by atoms with E-state index in [9.17, 15) is 0 Å². The van der Waals surface area contributed by atoms with Crippen LogP contribution < -0.4 is 0 Å². The minimum atomic E-state index is 0.645. The Morgan fingerprint density at radius 1 is 1.14 bits per heavy atom. The molecule has 1 aromatic carbocycles. The summed E-state index contributed by atoms with van der Waals surface area (Å²) in [4.78, 5) is 6.21. The highest BCUT2D eigenvalue weighted by atomic mass is 16.5. The molecule has 2 aromatic heterocycles. The smallest absolute Gasteiger partial charge is 0.213 e. The quantitative estimate of drug-likeness (QED) is 0.724. The first kappa shape index (κ1) is 14.5. The van der Waals surface area contributed by atoms with Gasteiger partial charge in [0.2, 0.25) is 6.39 Å². The number of para-hydroxylation sites is 1. The van der Waals surface area contributed by atoms with Gasteiger partial charge in [0, 0.05) is 17.8 Å². The number of hydrogen-bond donors (Lipinski definition) is 0. The van der Waals surface area contributed by atoms with Crippen LogP contribution in [0.4, 0.5) is 0 Å². The molecule has 114 valence electrons. The molecular weight excluding hydrogens is 278 g/mol. The third kappa shape index (κ3) is 2.92. The van der Waals surface area contributed by atoms with Crippen molar-refractivity contribution < 1.29 is 4.52 Å². The molecule has 0 aliphatic heterocycles. The van der Waals surface area contributed by atoms with E-state index in [2.05, 4.69) is 39.2 Å². The molecule has 3 aromatic rings. The topological polar surface area (TPSA) is 60.0 Å². The zero-order valence-corrected chi connectivity index (χ0v) is 13.0. The lowest BCUT2D eigenvalue weighted by Gasteiger charge is -2.14. The largest absolute Gasteiger partial charge is 0.343 e. The van der Waals surface area contributed by atoms with Crippen molar-refractivity contribution in [3.05, 3.63) is 59.5 Å². The van der Waals surface area contributed by atoms with Gasteiger partial charge in [0.15, 0.2) is 5.82 Å². The number of rotatable bonds is 5. The summed E-state index contributed by atoms with van der Waals surface area (Å²) in [5.41, 5.74) is 4.51. The highest BCUT2D eigenvalue weighted by Gasteiger charge is 2.15. The van der Waals surface area contributed by atoms with E-state index >= 15 is 0 Å². The van der Waals surface area contributed by atoms with E-state index in [4.69, 9.17) is 4.52 Å². The highest BCUT2D eigenvalue weighted by Crippen LogP contribution is 2.19. The second kappa shape index (κ2) is 6.11. The molecule has 6 heteroatoms. The Labute approximate surface area is 129 Å². The lowest BCUT2D eigenvalue weighted by Crippen LogP contribution is -2.19. The van der Waals surface area contributed by atoms with E-state index < -0.39 is 0 Å². The van der Waals surface area contributed by atoms with Gasteiger partial charge in [0.1, 0.15) is 0 Å². The number of aromatic nitrogens is 4. The van der Waals surface area contributed by atoms with Gasteiger partial charge < -0.3 is 4.52 Å². The number of benzene rings is 1. The summed E-state index contributed by atoms with van der Waals surface area (Å²) in [5.74, 6) is 0.688.